The molecule has 1 aromatic heterocycles. The smallest absolute Gasteiger partial charge is 0.255 e. The number of carbonyl (C=O) groups excluding carboxylic acids is 2. The number of carbonyl (C=O) groups is 2. The summed E-state index contributed by atoms with van der Waals surface area (Å²) in [6.07, 6.45) is 2.69. The minimum absolute atomic E-state index is 0.0273. The number of nitrogens with one attached hydrogen (secondary N) is 2. The second-order valence-electron chi connectivity index (χ2n) is 5.85. The van der Waals surface area contributed by atoms with E-state index < -0.39 is 0 Å². The van der Waals surface area contributed by atoms with E-state index in [1.807, 2.05) is 45.0 Å². The number of rotatable bonds is 6. The first kappa shape index (κ1) is 18.6. The molecule has 0 spiro atoms. The van der Waals surface area contributed by atoms with Gasteiger partial charge in [0.1, 0.15) is 5.82 Å². The van der Waals surface area contributed by atoms with Crippen LogP contribution in [0.15, 0.2) is 30.5 Å². The lowest BCUT2D eigenvalue weighted by molar-refractivity contribution is -0.115. The lowest BCUT2D eigenvalue weighted by atomic mass is 10.1. The van der Waals surface area contributed by atoms with Gasteiger partial charge in [-0.05, 0) is 38.0 Å². The Morgan fingerprint density at radius 1 is 1.16 bits per heavy atom. The molecule has 25 heavy (non-hydrogen) atoms. The molecule has 1 atom stereocenters. The molecule has 0 fully saturated rings. The van der Waals surface area contributed by atoms with Crippen molar-refractivity contribution >= 4 is 17.5 Å². The molecule has 0 saturated heterocycles. The summed E-state index contributed by atoms with van der Waals surface area (Å²) in [7, 11) is 0. The van der Waals surface area contributed by atoms with Gasteiger partial charge in [0.15, 0.2) is 0 Å². The molecule has 6 heteroatoms. The second-order valence-corrected chi connectivity index (χ2v) is 5.85. The molecule has 0 aliphatic carbocycles. The van der Waals surface area contributed by atoms with Gasteiger partial charge < -0.3 is 10.6 Å². The number of aromatic nitrogens is 2. The van der Waals surface area contributed by atoms with Gasteiger partial charge in [0, 0.05) is 18.3 Å². The lowest BCUT2D eigenvalue weighted by Crippen LogP contribution is -2.28. The first-order chi connectivity index (χ1) is 11.9. The van der Waals surface area contributed by atoms with E-state index in [9.17, 15) is 9.59 Å². The number of aryl methyl sites for hydroxylation is 2. The monoisotopic (exact) mass is 340 g/mol. The van der Waals surface area contributed by atoms with E-state index >= 15 is 0 Å². The van der Waals surface area contributed by atoms with E-state index in [2.05, 4.69) is 20.6 Å². The number of amides is 2. The summed E-state index contributed by atoms with van der Waals surface area (Å²) in [5.74, 6) is 0.444. The van der Waals surface area contributed by atoms with Crippen LogP contribution >= 0.6 is 0 Å². The van der Waals surface area contributed by atoms with Gasteiger partial charge in [-0.3, -0.25) is 9.59 Å². The maximum absolute atomic E-state index is 12.5. The Balaban J connectivity index is 2.07. The van der Waals surface area contributed by atoms with Crippen LogP contribution in [0.3, 0.4) is 0 Å². The quantitative estimate of drug-likeness (QED) is 0.846. The molecule has 0 saturated carbocycles. The summed E-state index contributed by atoms with van der Waals surface area (Å²) >= 11 is 0. The van der Waals surface area contributed by atoms with Crippen LogP contribution in [-0.4, -0.2) is 21.8 Å². The minimum atomic E-state index is -0.187. The standard InChI is InChI=1S/C19H24N4O2/c1-5-17-16(11-20-13(4)22-17)19(25)21-12(3)14-7-9-15(10-8-14)23-18(24)6-2/h7-12H,5-6H2,1-4H3,(H,21,25)(H,23,24)/t12-/m1/s1. The van der Waals surface area contributed by atoms with Gasteiger partial charge in [-0.25, -0.2) is 9.97 Å². The van der Waals surface area contributed by atoms with Gasteiger partial charge >= 0.3 is 0 Å². The molecular weight excluding hydrogens is 316 g/mol. The SMILES string of the molecule is CCC(=O)Nc1ccc([C@@H](C)NC(=O)c2cnc(C)nc2CC)cc1. The summed E-state index contributed by atoms with van der Waals surface area (Å²) in [5.41, 5.74) is 2.95. The molecule has 1 aromatic carbocycles. The summed E-state index contributed by atoms with van der Waals surface area (Å²) in [6, 6.07) is 7.27. The number of hydrogen-bond donors (Lipinski definition) is 2. The summed E-state index contributed by atoms with van der Waals surface area (Å²) in [6.45, 7) is 7.49. The van der Waals surface area contributed by atoms with Crippen molar-refractivity contribution in [2.45, 2.75) is 46.6 Å². The average molecular weight is 340 g/mol. The molecular formula is C19H24N4O2. The van der Waals surface area contributed by atoms with Gasteiger partial charge in [-0.2, -0.15) is 0 Å². The zero-order chi connectivity index (χ0) is 18.4. The molecule has 1 heterocycles. The Hall–Kier alpha value is -2.76. The predicted octanol–water partition coefficient (Wildman–Crippen LogP) is 3.19. The van der Waals surface area contributed by atoms with Crippen LogP contribution in [0.25, 0.3) is 0 Å². The van der Waals surface area contributed by atoms with Crippen molar-refractivity contribution in [3.63, 3.8) is 0 Å². The molecule has 0 aliphatic heterocycles. The Bertz CT molecular complexity index is 757. The van der Waals surface area contributed by atoms with Crippen molar-refractivity contribution in [3.8, 4) is 0 Å². The number of anilines is 1. The molecule has 0 bridgehead atoms. The Labute approximate surface area is 148 Å². The summed E-state index contributed by atoms with van der Waals surface area (Å²) < 4.78 is 0. The van der Waals surface area contributed by atoms with Crippen molar-refractivity contribution in [2.24, 2.45) is 0 Å². The topological polar surface area (TPSA) is 84.0 Å². The van der Waals surface area contributed by atoms with Crippen LogP contribution in [0.4, 0.5) is 5.69 Å². The van der Waals surface area contributed by atoms with Crippen molar-refractivity contribution in [1.82, 2.24) is 15.3 Å². The lowest BCUT2D eigenvalue weighted by Gasteiger charge is -2.16. The summed E-state index contributed by atoms with van der Waals surface area (Å²) in [4.78, 5) is 32.4. The maximum Gasteiger partial charge on any atom is 0.255 e. The van der Waals surface area contributed by atoms with Crippen molar-refractivity contribution in [1.29, 1.82) is 0 Å². The van der Waals surface area contributed by atoms with Gasteiger partial charge in [-0.15, -0.1) is 0 Å². The number of benzene rings is 1. The highest BCUT2D eigenvalue weighted by Crippen LogP contribution is 2.17. The number of nitrogens with zero attached hydrogens (tertiary/aromatic N) is 2. The highest BCUT2D eigenvalue weighted by atomic mass is 16.2. The zero-order valence-corrected chi connectivity index (χ0v) is 15.1. The second kappa shape index (κ2) is 8.37. The largest absolute Gasteiger partial charge is 0.345 e. The Morgan fingerprint density at radius 2 is 1.84 bits per heavy atom. The molecule has 2 amide bonds. The van der Waals surface area contributed by atoms with E-state index in [0.717, 1.165) is 16.9 Å². The van der Waals surface area contributed by atoms with Gasteiger partial charge in [-0.1, -0.05) is 26.0 Å². The highest BCUT2D eigenvalue weighted by molar-refractivity contribution is 5.95. The molecule has 2 N–H and O–H groups in total. The molecule has 6 nitrogen and oxygen atoms in total. The Kier molecular flexibility index (Phi) is 6.22. The zero-order valence-electron chi connectivity index (χ0n) is 15.1. The summed E-state index contributed by atoms with van der Waals surface area (Å²) in [5, 5.41) is 5.77. The predicted molar refractivity (Wildman–Crippen MR) is 97.4 cm³/mol. The van der Waals surface area contributed by atoms with E-state index in [4.69, 9.17) is 0 Å². The molecule has 0 unspecified atom stereocenters. The third-order valence-corrected chi connectivity index (χ3v) is 3.93. The van der Waals surface area contributed by atoms with Gasteiger partial charge in [0.2, 0.25) is 5.91 Å². The van der Waals surface area contributed by atoms with Crippen LogP contribution < -0.4 is 10.6 Å². The normalized spacial score (nSPS) is 11.7. The first-order valence-electron chi connectivity index (χ1n) is 8.47. The van der Waals surface area contributed by atoms with Crippen LogP contribution in [0.1, 0.15) is 60.7 Å². The fourth-order valence-corrected chi connectivity index (χ4v) is 2.44. The van der Waals surface area contributed by atoms with Crippen molar-refractivity contribution in [3.05, 3.63) is 53.1 Å². The van der Waals surface area contributed by atoms with E-state index in [-0.39, 0.29) is 17.9 Å². The van der Waals surface area contributed by atoms with Gasteiger partial charge in [0.05, 0.1) is 17.3 Å². The van der Waals surface area contributed by atoms with Crippen LogP contribution in [0, 0.1) is 6.92 Å². The van der Waals surface area contributed by atoms with Gasteiger partial charge in [0.25, 0.3) is 5.91 Å². The highest BCUT2D eigenvalue weighted by Gasteiger charge is 2.16. The molecule has 0 aliphatic rings. The first-order valence-corrected chi connectivity index (χ1v) is 8.47. The number of hydrogen-bond acceptors (Lipinski definition) is 4. The third-order valence-electron chi connectivity index (χ3n) is 3.93. The van der Waals surface area contributed by atoms with Crippen LogP contribution in [0.5, 0.6) is 0 Å². The van der Waals surface area contributed by atoms with Crippen LogP contribution in [-0.2, 0) is 11.2 Å². The van der Waals surface area contributed by atoms with Crippen molar-refractivity contribution < 1.29 is 9.59 Å². The maximum atomic E-state index is 12.5. The Morgan fingerprint density at radius 3 is 2.44 bits per heavy atom. The van der Waals surface area contributed by atoms with Crippen molar-refractivity contribution in [2.75, 3.05) is 5.32 Å². The van der Waals surface area contributed by atoms with E-state index in [0.29, 0.717) is 24.2 Å². The van der Waals surface area contributed by atoms with E-state index in [1.54, 1.807) is 13.1 Å². The molecule has 132 valence electrons. The average Bonchev–Trinajstić information content (AvgIpc) is 2.61. The minimum Gasteiger partial charge on any atom is -0.345 e. The third kappa shape index (κ3) is 4.86. The van der Waals surface area contributed by atoms with E-state index in [1.165, 1.54) is 0 Å². The molecule has 0 radical (unpaired) electrons. The van der Waals surface area contributed by atoms with Crippen LogP contribution in [0.2, 0.25) is 0 Å². The molecule has 2 aromatic rings. The molecule has 2 rings (SSSR count). The fourth-order valence-electron chi connectivity index (χ4n) is 2.44. The fraction of sp³-hybridized carbons (Fsp3) is 0.368.